The molecule has 6 rings (SSSR count). The second kappa shape index (κ2) is 7.49. The first-order valence-electron chi connectivity index (χ1n) is 10.3. The number of halogens is 1. The molecule has 4 heterocycles. The van der Waals surface area contributed by atoms with E-state index < -0.39 is 0 Å². The quantitative estimate of drug-likeness (QED) is 0.401. The van der Waals surface area contributed by atoms with E-state index in [9.17, 15) is 4.79 Å². The van der Waals surface area contributed by atoms with Crippen LogP contribution in [0, 0.1) is 5.92 Å². The fourth-order valence-corrected chi connectivity index (χ4v) is 4.07. The fraction of sp³-hybridized carbons (Fsp3) is 0.182. The number of hydrogen-bond donors (Lipinski definition) is 1. The Balaban J connectivity index is 1.53. The molecular formula is C22H17BrN8O. The van der Waals surface area contributed by atoms with Gasteiger partial charge in [-0.2, -0.15) is 9.61 Å². The van der Waals surface area contributed by atoms with Gasteiger partial charge in [-0.05, 0) is 59.0 Å². The van der Waals surface area contributed by atoms with Crippen molar-refractivity contribution in [2.75, 3.05) is 5.32 Å². The molecule has 32 heavy (non-hydrogen) atoms. The highest BCUT2D eigenvalue weighted by atomic mass is 79.9. The van der Waals surface area contributed by atoms with Crippen LogP contribution in [0.2, 0.25) is 0 Å². The van der Waals surface area contributed by atoms with E-state index in [1.165, 1.54) is 19.0 Å². The molecule has 9 nitrogen and oxygen atoms in total. The molecule has 1 aliphatic carbocycles. The van der Waals surface area contributed by atoms with Crippen molar-refractivity contribution in [3.8, 4) is 11.4 Å². The molecule has 1 aromatic carbocycles. The summed E-state index contributed by atoms with van der Waals surface area (Å²) in [5.74, 6) is 1.64. The lowest BCUT2D eigenvalue weighted by Gasteiger charge is -2.08. The normalized spacial score (nSPS) is 13.7. The van der Waals surface area contributed by atoms with Gasteiger partial charge in [0.05, 0.1) is 17.3 Å². The van der Waals surface area contributed by atoms with Gasteiger partial charge < -0.3 is 5.32 Å². The van der Waals surface area contributed by atoms with E-state index in [1.54, 1.807) is 28.9 Å². The van der Waals surface area contributed by atoms with Gasteiger partial charge in [0.1, 0.15) is 5.69 Å². The Hall–Kier alpha value is -3.66. The number of benzene rings is 1. The molecule has 5 aromatic rings. The number of fused-ring (bicyclic) bond motifs is 3. The van der Waals surface area contributed by atoms with Gasteiger partial charge in [0, 0.05) is 28.8 Å². The first-order chi connectivity index (χ1) is 15.7. The van der Waals surface area contributed by atoms with E-state index in [-0.39, 0.29) is 5.56 Å². The van der Waals surface area contributed by atoms with Gasteiger partial charge >= 0.3 is 0 Å². The highest BCUT2D eigenvalue weighted by molar-refractivity contribution is 9.10. The van der Waals surface area contributed by atoms with Crippen LogP contribution in [0.1, 0.15) is 12.8 Å². The molecule has 0 unspecified atom stereocenters. The Labute approximate surface area is 190 Å². The van der Waals surface area contributed by atoms with Crippen molar-refractivity contribution in [3.63, 3.8) is 0 Å². The summed E-state index contributed by atoms with van der Waals surface area (Å²) in [7, 11) is 0. The molecule has 0 bridgehead atoms. The zero-order valence-electron chi connectivity index (χ0n) is 16.8. The van der Waals surface area contributed by atoms with Gasteiger partial charge in [-0.25, -0.2) is 15.0 Å². The Morgan fingerprint density at radius 2 is 2.03 bits per heavy atom. The second-order valence-electron chi connectivity index (χ2n) is 7.81. The lowest BCUT2D eigenvalue weighted by Crippen LogP contribution is -2.11. The van der Waals surface area contributed by atoms with Crippen LogP contribution in [-0.4, -0.2) is 34.3 Å². The number of para-hydroxylation sites is 1. The molecule has 0 amide bonds. The zero-order valence-corrected chi connectivity index (χ0v) is 18.4. The predicted molar refractivity (Wildman–Crippen MR) is 124 cm³/mol. The molecular weight excluding hydrogens is 472 g/mol. The minimum Gasteiger partial charge on any atom is -0.319 e. The molecule has 0 radical (unpaired) electrons. The minimum atomic E-state index is -0.390. The first kappa shape index (κ1) is 19.1. The monoisotopic (exact) mass is 488 g/mol. The van der Waals surface area contributed by atoms with E-state index in [2.05, 4.69) is 31.3 Å². The summed E-state index contributed by atoms with van der Waals surface area (Å²) < 4.78 is 4.39. The van der Waals surface area contributed by atoms with Crippen LogP contribution in [0.5, 0.6) is 0 Å². The SMILES string of the molecule is O=c1nccccc1Nc1nc2c(Br)cccc2c2nc(-c3cnn(CC4CC4)c3)nn12. The van der Waals surface area contributed by atoms with Crippen molar-refractivity contribution in [1.82, 2.24) is 34.3 Å². The summed E-state index contributed by atoms with van der Waals surface area (Å²) in [4.78, 5) is 25.8. The third kappa shape index (κ3) is 3.42. The maximum absolute atomic E-state index is 12.3. The van der Waals surface area contributed by atoms with Crippen molar-refractivity contribution in [2.24, 2.45) is 5.92 Å². The third-order valence-corrected chi connectivity index (χ3v) is 6.06. The molecule has 1 fully saturated rings. The van der Waals surface area contributed by atoms with Crippen LogP contribution in [0.4, 0.5) is 11.6 Å². The summed E-state index contributed by atoms with van der Waals surface area (Å²) >= 11 is 3.57. The standard InChI is InChI=1S/C22H17BrN8O/c23-16-5-3-4-15-18(16)27-22(26-17-6-1-2-9-24-21(17)32)31-20(15)28-19(29-31)14-10-25-30(12-14)11-13-7-8-13/h1-6,9-10,12-13H,7-8,11H2,(H,24,26,27,32). The van der Waals surface area contributed by atoms with Crippen LogP contribution in [0.3, 0.4) is 0 Å². The topological polar surface area (TPSA) is 103 Å². The average molecular weight is 489 g/mol. The minimum absolute atomic E-state index is 0.296. The van der Waals surface area contributed by atoms with E-state index in [4.69, 9.17) is 15.1 Å². The number of nitrogens with zero attached hydrogens (tertiary/aromatic N) is 7. The lowest BCUT2D eigenvalue weighted by molar-refractivity contribution is 0.563. The van der Waals surface area contributed by atoms with E-state index >= 15 is 0 Å². The number of aromatic nitrogens is 7. The number of anilines is 2. The summed E-state index contributed by atoms with van der Waals surface area (Å²) in [5, 5.41) is 13.1. The van der Waals surface area contributed by atoms with E-state index in [1.807, 2.05) is 29.1 Å². The Kier molecular flexibility index (Phi) is 4.46. The Bertz CT molecular complexity index is 1540. The van der Waals surface area contributed by atoms with Crippen LogP contribution < -0.4 is 10.9 Å². The van der Waals surface area contributed by atoms with Crippen molar-refractivity contribution in [2.45, 2.75) is 19.4 Å². The highest BCUT2D eigenvalue weighted by Crippen LogP contribution is 2.31. The predicted octanol–water partition coefficient (Wildman–Crippen LogP) is 3.81. The van der Waals surface area contributed by atoms with Crippen LogP contribution in [-0.2, 0) is 6.54 Å². The largest absolute Gasteiger partial charge is 0.319 e. The summed E-state index contributed by atoms with van der Waals surface area (Å²) in [6.45, 7) is 0.919. The maximum atomic E-state index is 12.3. The molecule has 158 valence electrons. The molecule has 1 N–H and O–H groups in total. The average Bonchev–Trinajstić information content (AvgIpc) is 3.35. The molecule has 10 heteroatoms. The summed E-state index contributed by atoms with van der Waals surface area (Å²) in [6, 6.07) is 10.9. The first-order valence-corrected chi connectivity index (χ1v) is 11.1. The zero-order chi connectivity index (χ0) is 21.7. The molecule has 0 spiro atoms. The smallest absolute Gasteiger partial charge is 0.293 e. The van der Waals surface area contributed by atoms with Crippen molar-refractivity contribution >= 4 is 44.1 Å². The number of rotatable bonds is 5. The second-order valence-corrected chi connectivity index (χ2v) is 8.66. The van der Waals surface area contributed by atoms with Crippen LogP contribution in [0.25, 0.3) is 27.9 Å². The highest BCUT2D eigenvalue weighted by Gasteiger charge is 2.23. The molecule has 0 saturated heterocycles. The Morgan fingerprint density at radius 3 is 2.91 bits per heavy atom. The van der Waals surface area contributed by atoms with Crippen LogP contribution >= 0.6 is 15.9 Å². The van der Waals surface area contributed by atoms with Gasteiger partial charge in [-0.15, -0.1) is 5.10 Å². The number of nitrogens with one attached hydrogen (secondary N) is 1. The van der Waals surface area contributed by atoms with Crippen molar-refractivity contribution < 1.29 is 0 Å². The summed E-state index contributed by atoms with van der Waals surface area (Å²) in [5.41, 5.74) is 2.08. The third-order valence-electron chi connectivity index (χ3n) is 5.42. The summed E-state index contributed by atoms with van der Waals surface area (Å²) in [6.07, 6.45) is 7.74. The number of hydrogen-bond acceptors (Lipinski definition) is 7. The molecule has 0 aliphatic heterocycles. The molecule has 4 aromatic heterocycles. The van der Waals surface area contributed by atoms with Crippen molar-refractivity contribution in [1.29, 1.82) is 0 Å². The lowest BCUT2D eigenvalue weighted by atomic mass is 10.2. The maximum Gasteiger partial charge on any atom is 0.293 e. The van der Waals surface area contributed by atoms with Gasteiger partial charge in [-0.3, -0.25) is 9.48 Å². The molecule has 1 aliphatic rings. The van der Waals surface area contributed by atoms with E-state index in [0.717, 1.165) is 27.9 Å². The van der Waals surface area contributed by atoms with Gasteiger partial charge in [0.25, 0.3) is 5.56 Å². The van der Waals surface area contributed by atoms with Gasteiger partial charge in [0.15, 0.2) is 11.5 Å². The Morgan fingerprint density at radius 1 is 1.12 bits per heavy atom. The fourth-order valence-electron chi connectivity index (χ4n) is 3.61. The van der Waals surface area contributed by atoms with Crippen molar-refractivity contribution in [3.05, 3.63) is 69.8 Å². The molecule has 0 atom stereocenters. The van der Waals surface area contributed by atoms with E-state index in [0.29, 0.717) is 28.6 Å². The van der Waals surface area contributed by atoms with Crippen LogP contribution in [0.15, 0.2) is 64.3 Å². The molecule has 1 saturated carbocycles. The van der Waals surface area contributed by atoms with Gasteiger partial charge in [-0.1, -0.05) is 12.1 Å². The van der Waals surface area contributed by atoms with Gasteiger partial charge in [0.2, 0.25) is 5.95 Å².